The normalized spacial score (nSPS) is 12.0. The van der Waals surface area contributed by atoms with Crippen molar-refractivity contribution in [3.8, 4) is 0 Å². The molecule has 0 aliphatic carbocycles. The van der Waals surface area contributed by atoms with Crippen molar-refractivity contribution < 1.29 is 5.11 Å². The predicted molar refractivity (Wildman–Crippen MR) is 105 cm³/mol. The van der Waals surface area contributed by atoms with Crippen LogP contribution in [0, 0.1) is 0 Å². The fourth-order valence-electron chi connectivity index (χ4n) is 3.29. The summed E-state index contributed by atoms with van der Waals surface area (Å²) in [6.07, 6.45) is 2.67. The molecule has 0 radical (unpaired) electrons. The first kappa shape index (κ1) is 19.1. The smallest absolute Gasteiger partial charge is 0.332 e. The van der Waals surface area contributed by atoms with Gasteiger partial charge in [-0.05, 0) is 39.2 Å². The molecule has 2 heterocycles. The van der Waals surface area contributed by atoms with Crippen LogP contribution in [0.25, 0.3) is 11.2 Å². The van der Waals surface area contributed by atoms with Gasteiger partial charge in [0.1, 0.15) is 0 Å². The number of imidazole rings is 1. The average Bonchev–Trinajstić information content (AvgIpc) is 3.02. The molecule has 0 amide bonds. The van der Waals surface area contributed by atoms with Gasteiger partial charge in [-0.15, -0.1) is 0 Å². The van der Waals surface area contributed by atoms with Gasteiger partial charge in [0, 0.05) is 19.6 Å². The minimum atomic E-state index is -0.827. The molecule has 0 aliphatic rings. The largest absolute Gasteiger partial charge is 0.390 e. The molecular weight excluding hydrogens is 344 g/mol. The standard InChI is InChI=1S/C20H26N4O3/c1-4-23-17-16(22(14-21-17)13-15-9-6-5-7-10-15)18(25)24(19(23)26)12-8-11-20(2,3)27/h5-7,9-10,14,27H,4,8,11-13H2,1-3H3. The summed E-state index contributed by atoms with van der Waals surface area (Å²) in [5.41, 5.74) is 0.399. The zero-order valence-corrected chi connectivity index (χ0v) is 16.1. The van der Waals surface area contributed by atoms with Crippen LogP contribution in [0.4, 0.5) is 0 Å². The third-order valence-corrected chi connectivity index (χ3v) is 4.67. The van der Waals surface area contributed by atoms with Gasteiger partial charge in [-0.2, -0.15) is 0 Å². The molecule has 3 aromatic rings. The van der Waals surface area contributed by atoms with Crippen molar-refractivity contribution >= 4 is 11.2 Å². The lowest BCUT2D eigenvalue weighted by Gasteiger charge is -2.17. The predicted octanol–water partition coefficient (Wildman–Crippen LogP) is 1.98. The maximum Gasteiger partial charge on any atom is 0.332 e. The maximum atomic E-state index is 13.1. The average molecular weight is 370 g/mol. The van der Waals surface area contributed by atoms with Gasteiger partial charge in [-0.1, -0.05) is 30.3 Å². The summed E-state index contributed by atoms with van der Waals surface area (Å²) < 4.78 is 4.59. The zero-order valence-electron chi connectivity index (χ0n) is 16.1. The van der Waals surface area contributed by atoms with Gasteiger partial charge in [-0.3, -0.25) is 13.9 Å². The molecule has 0 aliphatic heterocycles. The van der Waals surface area contributed by atoms with E-state index in [-0.39, 0.29) is 17.8 Å². The van der Waals surface area contributed by atoms with Gasteiger partial charge >= 0.3 is 5.69 Å². The number of nitrogens with zero attached hydrogens (tertiary/aromatic N) is 4. The van der Waals surface area contributed by atoms with Crippen molar-refractivity contribution in [1.82, 2.24) is 18.7 Å². The molecule has 27 heavy (non-hydrogen) atoms. The highest BCUT2D eigenvalue weighted by atomic mass is 16.3. The number of benzene rings is 1. The second-order valence-corrected chi connectivity index (χ2v) is 7.43. The van der Waals surface area contributed by atoms with Crippen molar-refractivity contribution in [1.29, 1.82) is 0 Å². The van der Waals surface area contributed by atoms with Crippen LogP contribution in [0.5, 0.6) is 0 Å². The molecule has 0 spiro atoms. The topological polar surface area (TPSA) is 82.0 Å². The van der Waals surface area contributed by atoms with Crippen LogP contribution in [0.1, 0.15) is 39.2 Å². The number of fused-ring (bicyclic) bond motifs is 1. The first-order chi connectivity index (χ1) is 12.8. The lowest BCUT2D eigenvalue weighted by molar-refractivity contribution is 0.0673. The second-order valence-electron chi connectivity index (χ2n) is 7.43. The highest BCUT2D eigenvalue weighted by molar-refractivity contribution is 5.70. The molecule has 0 saturated heterocycles. The summed E-state index contributed by atoms with van der Waals surface area (Å²) in [5, 5.41) is 9.90. The van der Waals surface area contributed by atoms with Crippen LogP contribution < -0.4 is 11.2 Å². The Hall–Kier alpha value is -2.67. The quantitative estimate of drug-likeness (QED) is 0.689. The van der Waals surface area contributed by atoms with Crippen LogP contribution in [0.2, 0.25) is 0 Å². The van der Waals surface area contributed by atoms with E-state index in [0.717, 1.165) is 5.56 Å². The summed E-state index contributed by atoms with van der Waals surface area (Å²) in [4.78, 5) is 30.2. The van der Waals surface area contributed by atoms with Gasteiger partial charge in [0.15, 0.2) is 11.2 Å². The summed E-state index contributed by atoms with van der Waals surface area (Å²) in [6, 6.07) is 9.82. The van der Waals surface area contributed by atoms with Crippen LogP contribution >= 0.6 is 0 Å². The van der Waals surface area contributed by atoms with E-state index in [1.54, 1.807) is 24.7 Å². The van der Waals surface area contributed by atoms with E-state index in [1.807, 2.05) is 37.3 Å². The lowest BCUT2D eigenvalue weighted by atomic mass is 10.0. The van der Waals surface area contributed by atoms with Crippen LogP contribution in [-0.2, 0) is 19.6 Å². The summed E-state index contributed by atoms with van der Waals surface area (Å²) in [7, 11) is 0. The Labute approximate surface area is 157 Å². The van der Waals surface area contributed by atoms with Gasteiger partial charge in [0.05, 0.1) is 11.9 Å². The molecule has 3 rings (SSSR count). The zero-order chi connectivity index (χ0) is 19.6. The van der Waals surface area contributed by atoms with Crippen molar-refractivity contribution in [2.75, 3.05) is 0 Å². The Kier molecular flexibility index (Phi) is 5.32. The van der Waals surface area contributed by atoms with E-state index < -0.39 is 5.60 Å². The molecule has 0 bridgehead atoms. The van der Waals surface area contributed by atoms with Crippen molar-refractivity contribution in [3.05, 3.63) is 63.1 Å². The SMILES string of the molecule is CCn1c(=O)n(CCCC(C)(C)O)c(=O)c2c1ncn2Cc1ccccc1. The first-order valence-corrected chi connectivity index (χ1v) is 9.26. The van der Waals surface area contributed by atoms with Gasteiger partial charge in [-0.25, -0.2) is 9.78 Å². The second kappa shape index (κ2) is 7.52. The van der Waals surface area contributed by atoms with E-state index in [0.29, 0.717) is 37.1 Å². The maximum absolute atomic E-state index is 13.1. The highest BCUT2D eigenvalue weighted by Gasteiger charge is 2.18. The molecule has 1 aromatic carbocycles. The monoisotopic (exact) mass is 370 g/mol. The molecule has 7 nitrogen and oxygen atoms in total. The Morgan fingerprint density at radius 3 is 2.44 bits per heavy atom. The van der Waals surface area contributed by atoms with Gasteiger partial charge in [0.25, 0.3) is 5.56 Å². The number of hydrogen-bond donors (Lipinski definition) is 1. The Balaban J connectivity index is 2.07. The van der Waals surface area contributed by atoms with E-state index in [2.05, 4.69) is 4.98 Å². The van der Waals surface area contributed by atoms with Crippen LogP contribution in [0.15, 0.2) is 46.2 Å². The molecule has 0 unspecified atom stereocenters. The molecule has 2 aromatic heterocycles. The molecule has 7 heteroatoms. The molecule has 0 fully saturated rings. The van der Waals surface area contributed by atoms with Crippen molar-refractivity contribution in [2.24, 2.45) is 0 Å². The molecule has 0 atom stereocenters. The van der Waals surface area contributed by atoms with E-state index >= 15 is 0 Å². The molecule has 0 saturated carbocycles. The van der Waals surface area contributed by atoms with E-state index in [4.69, 9.17) is 0 Å². The first-order valence-electron chi connectivity index (χ1n) is 9.26. The third kappa shape index (κ3) is 4.03. The van der Waals surface area contributed by atoms with Gasteiger partial charge < -0.3 is 9.67 Å². The Morgan fingerprint density at radius 2 is 1.81 bits per heavy atom. The minimum Gasteiger partial charge on any atom is -0.390 e. The lowest BCUT2D eigenvalue weighted by Crippen LogP contribution is -2.40. The van der Waals surface area contributed by atoms with Crippen molar-refractivity contribution in [3.63, 3.8) is 0 Å². The Morgan fingerprint density at radius 1 is 1.11 bits per heavy atom. The summed E-state index contributed by atoms with van der Waals surface area (Å²) in [6.45, 7) is 6.52. The Bertz CT molecular complexity index is 1040. The number of rotatable bonds is 7. The van der Waals surface area contributed by atoms with Crippen molar-refractivity contribution in [2.45, 2.75) is 58.8 Å². The molecule has 1 N–H and O–H groups in total. The van der Waals surface area contributed by atoms with Crippen LogP contribution in [-0.4, -0.2) is 29.4 Å². The highest BCUT2D eigenvalue weighted by Crippen LogP contribution is 2.12. The molecular formula is C20H26N4O3. The fraction of sp³-hybridized carbons (Fsp3) is 0.450. The van der Waals surface area contributed by atoms with E-state index in [1.165, 1.54) is 9.13 Å². The number of aryl methyl sites for hydroxylation is 1. The number of aromatic nitrogens is 4. The minimum absolute atomic E-state index is 0.272. The number of hydrogen-bond acceptors (Lipinski definition) is 4. The van der Waals surface area contributed by atoms with Crippen LogP contribution in [0.3, 0.4) is 0 Å². The number of aliphatic hydroxyl groups is 1. The van der Waals surface area contributed by atoms with Gasteiger partial charge in [0.2, 0.25) is 0 Å². The third-order valence-electron chi connectivity index (χ3n) is 4.67. The van der Waals surface area contributed by atoms with E-state index in [9.17, 15) is 14.7 Å². The summed E-state index contributed by atoms with van der Waals surface area (Å²) >= 11 is 0. The summed E-state index contributed by atoms with van der Waals surface area (Å²) in [5.74, 6) is 0. The fourth-order valence-corrected chi connectivity index (χ4v) is 3.29. The molecule has 144 valence electrons.